The molecule has 0 bridgehead atoms. The number of amides is 1. The highest BCUT2D eigenvalue weighted by atomic mass is 28.3. The number of benzene rings is 2. The lowest BCUT2D eigenvalue weighted by Gasteiger charge is -2.34. The number of carbonyl (C=O) groups is 1. The molecule has 11 heteroatoms. The number of likely N-dealkylation sites (tertiary alicyclic amines) is 1. The minimum Gasteiger partial charge on any atom is -0.451 e. The van der Waals surface area contributed by atoms with Crippen LogP contribution in [0.3, 0.4) is 0 Å². The zero-order valence-corrected chi connectivity index (χ0v) is 35.3. The van der Waals surface area contributed by atoms with Crippen LogP contribution in [-0.2, 0) is 27.1 Å². The van der Waals surface area contributed by atoms with E-state index in [2.05, 4.69) is 89.2 Å². The fraction of sp³-hybridized carbons (Fsp3) is 0.545. The van der Waals surface area contributed by atoms with Crippen LogP contribution < -0.4 is 10.1 Å². The predicted molar refractivity (Wildman–Crippen MR) is 222 cm³/mol. The molecule has 1 saturated heterocycles. The number of alkyl carbamates (subject to hydrolysis) is 1. The van der Waals surface area contributed by atoms with E-state index in [1.165, 1.54) is 23.8 Å². The minimum atomic E-state index is -1.26. The van der Waals surface area contributed by atoms with Gasteiger partial charge in [-0.3, -0.25) is 0 Å². The molecular formula is C44H63FN4O5Si. The molecule has 2 aromatic carbocycles. The summed E-state index contributed by atoms with van der Waals surface area (Å²) < 4.78 is 35.8. The van der Waals surface area contributed by atoms with Gasteiger partial charge in [0.1, 0.15) is 5.60 Å². The standard InChI is InChI=1S/C44H63FN4O5Si/c1-31-38-13-9-11-34(18-20-39(45)51-5)42(38)48-41(31)36-12-10-23-49(29-36)24-22-37(47-43(50)54-44(2,3)4)27-32-14-16-33(17-15-32)35-19-21-40(46-28-35)53-30-52-25-26-55(6,7)8/h9,11,13-17,19,21,28,36-37,39,48H,10,12,18,20,22-27,29-30H2,1-8H3,(H,47,50). The van der Waals surface area contributed by atoms with Crippen molar-refractivity contribution in [2.75, 3.05) is 40.1 Å². The molecule has 1 aliphatic heterocycles. The number of fused-ring (bicyclic) bond motifs is 1. The third kappa shape index (κ3) is 13.2. The summed E-state index contributed by atoms with van der Waals surface area (Å²) in [5.41, 5.74) is 7.40. The Labute approximate surface area is 328 Å². The summed E-state index contributed by atoms with van der Waals surface area (Å²) in [6.07, 6.45) is 4.81. The summed E-state index contributed by atoms with van der Waals surface area (Å²) in [5, 5.41) is 4.39. The third-order valence-corrected chi connectivity index (χ3v) is 12.0. The van der Waals surface area contributed by atoms with E-state index in [4.69, 9.17) is 18.9 Å². The smallest absolute Gasteiger partial charge is 0.407 e. The topological polar surface area (TPSA) is 97.9 Å². The number of aromatic nitrogens is 2. The monoisotopic (exact) mass is 774 g/mol. The number of piperidine rings is 1. The summed E-state index contributed by atoms with van der Waals surface area (Å²) >= 11 is 0. The van der Waals surface area contributed by atoms with E-state index in [1.807, 2.05) is 39.1 Å². The fourth-order valence-electron chi connectivity index (χ4n) is 7.26. The number of pyridine rings is 1. The number of para-hydroxylation sites is 1. The molecule has 0 saturated carbocycles. The van der Waals surface area contributed by atoms with Crippen LogP contribution in [0.25, 0.3) is 22.0 Å². The zero-order chi connectivity index (χ0) is 39.6. The van der Waals surface area contributed by atoms with Gasteiger partial charge in [-0.15, -0.1) is 0 Å². The van der Waals surface area contributed by atoms with Crippen molar-refractivity contribution < 1.29 is 28.1 Å². The van der Waals surface area contributed by atoms with Crippen molar-refractivity contribution >= 4 is 25.1 Å². The Kier molecular flexibility index (Phi) is 14.9. The summed E-state index contributed by atoms with van der Waals surface area (Å²) in [5.74, 6) is 0.913. The van der Waals surface area contributed by atoms with Crippen molar-refractivity contribution in [2.24, 2.45) is 0 Å². The number of H-pyrrole nitrogens is 1. The van der Waals surface area contributed by atoms with E-state index in [9.17, 15) is 9.18 Å². The third-order valence-electron chi connectivity index (χ3n) is 10.3. The summed E-state index contributed by atoms with van der Waals surface area (Å²) in [7, 11) is 0.279. The maximum Gasteiger partial charge on any atom is 0.407 e. The molecule has 3 atom stereocenters. The van der Waals surface area contributed by atoms with Gasteiger partial charge in [-0.2, -0.15) is 0 Å². The van der Waals surface area contributed by atoms with Crippen molar-refractivity contribution in [2.45, 2.75) is 116 Å². The van der Waals surface area contributed by atoms with E-state index in [-0.39, 0.29) is 12.8 Å². The number of rotatable bonds is 18. The van der Waals surface area contributed by atoms with Crippen LogP contribution in [0, 0.1) is 6.92 Å². The molecule has 0 radical (unpaired) electrons. The van der Waals surface area contributed by atoms with Crippen molar-refractivity contribution in [1.82, 2.24) is 20.2 Å². The van der Waals surface area contributed by atoms with E-state index in [1.54, 1.807) is 0 Å². The molecule has 3 heterocycles. The summed E-state index contributed by atoms with van der Waals surface area (Å²) in [4.78, 5) is 23.8. The average Bonchev–Trinajstić information content (AvgIpc) is 3.48. The van der Waals surface area contributed by atoms with Gasteiger partial charge in [0, 0.05) is 87.7 Å². The van der Waals surface area contributed by atoms with E-state index in [0.717, 1.165) is 72.7 Å². The number of methoxy groups -OCH3 is 1. The van der Waals surface area contributed by atoms with Crippen molar-refractivity contribution in [3.63, 3.8) is 0 Å². The number of carbonyl (C=O) groups excluding carboxylic acids is 1. The molecule has 1 aliphatic rings. The van der Waals surface area contributed by atoms with Gasteiger partial charge in [0.25, 0.3) is 0 Å². The van der Waals surface area contributed by atoms with Crippen molar-refractivity contribution in [1.29, 1.82) is 0 Å². The number of aryl methyl sites for hydroxylation is 2. The number of aromatic amines is 1. The molecule has 5 rings (SSSR count). The normalized spacial score (nSPS) is 16.6. The lowest BCUT2D eigenvalue weighted by molar-refractivity contribution is -0.0101. The highest BCUT2D eigenvalue weighted by Crippen LogP contribution is 2.34. The van der Waals surface area contributed by atoms with E-state index < -0.39 is 26.1 Å². The van der Waals surface area contributed by atoms with Crippen LogP contribution in [0.2, 0.25) is 25.7 Å². The lowest BCUT2D eigenvalue weighted by atomic mass is 9.92. The Morgan fingerprint density at radius 1 is 1.07 bits per heavy atom. The van der Waals surface area contributed by atoms with Gasteiger partial charge in [0.05, 0.1) is 0 Å². The molecular weight excluding hydrogens is 712 g/mol. The molecule has 300 valence electrons. The Morgan fingerprint density at radius 2 is 1.84 bits per heavy atom. The first-order valence-electron chi connectivity index (χ1n) is 19.9. The number of nitrogens with zero attached hydrogens (tertiary/aromatic N) is 2. The lowest BCUT2D eigenvalue weighted by Crippen LogP contribution is -2.43. The van der Waals surface area contributed by atoms with Gasteiger partial charge >= 0.3 is 6.09 Å². The van der Waals surface area contributed by atoms with Crippen LogP contribution in [0.15, 0.2) is 60.8 Å². The molecule has 2 N–H and O–H groups in total. The second-order valence-electron chi connectivity index (χ2n) is 17.2. The number of alkyl halides is 1. The molecule has 3 unspecified atom stereocenters. The molecule has 55 heavy (non-hydrogen) atoms. The maximum atomic E-state index is 13.9. The number of hydrogen-bond donors (Lipinski definition) is 2. The van der Waals surface area contributed by atoms with Crippen LogP contribution >= 0.6 is 0 Å². The fourth-order valence-corrected chi connectivity index (χ4v) is 8.02. The second-order valence-corrected chi connectivity index (χ2v) is 22.8. The second kappa shape index (κ2) is 19.4. The first-order chi connectivity index (χ1) is 26.2. The first kappa shape index (κ1) is 42.4. The number of halogens is 1. The predicted octanol–water partition coefficient (Wildman–Crippen LogP) is 9.81. The average molecular weight is 775 g/mol. The molecule has 2 aromatic heterocycles. The Hall–Kier alpha value is -3.77. The van der Waals surface area contributed by atoms with Crippen molar-refractivity contribution in [3.8, 4) is 17.0 Å². The number of hydrogen-bond acceptors (Lipinski definition) is 7. The first-order valence-corrected chi connectivity index (χ1v) is 23.6. The van der Waals surface area contributed by atoms with Gasteiger partial charge in [-0.05, 0) is 101 Å². The van der Waals surface area contributed by atoms with Crippen LogP contribution in [0.5, 0.6) is 5.88 Å². The van der Waals surface area contributed by atoms with Crippen LogP contribution in [0.1, 0.15) is 74.8 Å². The van der Waals surface area contributed by atoms with E-state index in [0.29, 0.717) is 37.7 Å². The zero-order valence-electron chi connectivity index (χ0n) is 34.3. The van der Waals surface area contributed by atoms with Gasteiger partial charge in [0.2, 0.25) is 5.88 Å². The Morgan fingerprint density at radius 3 is 2.53 bits per heavy atom. The molecule has 4 aromatic rings. The minimum absolute atomic E-state index is 0.101. The van der Waals surface area contributed by atoms with Gasteiger partial charge in [-0.1, -0.05) is 62.1 Å². The summed E-state index contributed by atoms with van der Waals surface area (Å²) in [6, 6.07) is 19.7. The van der Waals surface area contributed by atoms with Gasteiger partial charge < -0.3 is 34.1 Å². The number of nitrogens with one attached hydrogen (secondary N) is 2. The molecule has 0 spiro atoms. The Balaban J connectivity index is 1.20. The number of ether oxygens (including phenoxy) is 4. The molecule has 1 fully saturated rings. The Bertz CT molecular complexity index is 1800. The van der Waals surface area contributed by atoms with Crippen LogP contribution in [-0.4, -0.2) is 87.2 Å². The highest BCUT2D eigenvalue weighted by molar-refractivity contribution is 6.76. The van der Waals surface area contributed by atoms with Gasteiger partial charge in [-0.25, -0.2) is 14.2 Å². The molecule has 1 amide bonds. The summed E-state index contributed by atoms with van der Waals surface area (Å²) in [6.45, 7) is 18.6. The van der Waals surface area contributed by atoms with Crippen molar-refractivity contribution in [3.05, 3.63) is 83.2 Å². The van der Waals surface area contributed by atoms with Gasteiger partial charge in [0.15, 0.2) is 13.2 Å². The molecule has 0 aliphatic carbocycles. The SMILES string of the molecule is COC(F)CCc1cccc2c(C)c(C3CCCN(CCC(Cc4ccc(-c5ccc(OCOCC[Si](C)(C)C)nc5)cc4)NC(=O)OC(C)(C)C)C3)[nH]c12. The quantitative estimate of drug-likeness (QED) is 0.0590. The molecule has 9 nitrogen and oxygen atoms in total. The maximum absolute atomic E-state index is 13.9. The van der Waals surface area contributed by atoms with E-state index >= 15 is 0 Å². The highest BCUT2D eigenvalue weighted by Gasteiger charge is 2.27. The van der Waals surface area contributed by atoms with Crippen LogP contribution in [0.4, 0.5) is 9.18 Å². The largest absolute Gasteiger partial charge is 0.451 e.